The summed E-state index contributed by atoms with van der Waals surface area (Å²) in [6.45, 7) is 0.736. The predicted octanol–water partition coefficient (Wildman–Crippen LogP) is 1.18. The molecule has 2 heterocycles. The Labute approximate surface area is 117 Å². The van der Waals surface area contributed by atoms with E-state index in [9.17, 15) is 9.59 Å². The van der Waals surface area contributed by atoms with Gasteiger partial charge in [-0.05, 0) is 32.1 Å². The van der Waals surface area contributed by atoms with Gasteiger partial charge in [-0.3, -0.25) is 4.79 Å². The molecule has 1 aromatic rings. The zero-order valence-electron chi connectivity index (χ0n) is 11.6. The third-order valence-electron chi connectivity index (χ3n) is 3.98. The van der Waals surface area contributed by atoms with Crippen molar-refractivity contribution in [1.29, 1.82) is 0 Å². The highest BCUT2D eigenvalue weighted by molar-refractivity contribution is 5.79. The van der Waals surface area contributed by atoms with E-state index in [2.05, 4.69) is 9.97 Å². The van der Waals surface area contributed by atoms with Crippen molar-refractivity contribution < 1.29 is 9.53 Å². The van der Waals surface area contributed by atoms with Gasteiger partial charge in [-0.15, -0.1) is 0 Å². The second-order valence-electron chi connectivity index (χ2n) is 5.49. The maximum Gasteiger partial charge on any atom is 0.328 e. The van der Waals surface area contributed by atoms with Crippen LogP contribution in [0.25, 0.3) is 0 Å². The van der Waals surface area contributed by atoms with Crippen molar-refractivity contribution in [2.24, 2.45) is 0 Å². The number of nitrogens with one attached hydrogen (secondary N) is 1. The molecule has 0 aromatic carbocycles. The summed E-state index contributed by atoms with van der Waals surface area (Å²) in [6, 6.07) is 1.16. The summed E-state index contributed by atoms with van der Waals surface area (Å²) >= 11 is 0. The summed E-state index contributed by atoms with van der Waals surface area (Å²) < 4.78 is 4.87. The van der Waals surface area contributed by atoms with Crippen LogP contribution in [0.15, 0.2) is 10.9 Å². The fraction of sp³-hybridized carbons (Fsp3) is 0.643. The van der Waals surface area contributed by atoms with Crippen molar-refractivity contribution in [2.45, 2.75) is 44.1 Å². The van der Waals surface area contributed by atoms with Crippen LogP contribution in [0.4, 0.5) is 5.82 Å². The number of carbonyl (C=O) groups is 1. The number of H-pyrrole nitrogens is 1. The standard InChI is InChI=1S/C14H19N3O3/c1-20-14(19)10-4-2-3-7-17(10)11-8-12(18)16-13(15-11)9-5-6-9/h8-10H,2-7H2,1H3,(H,15,16,18). The topological polar surface area (TPSA) is 75.3 Å². The molecule has 3 rings (SSSR count). The molecule has 6 heteroatoms. The largest absolute Gasteiger partial charge is 0.467 e. The molecule has 1 saturated carbocycles. The van der Waals surface area contributed by atoms with Crippen LogP contribution < -0.4 is 10.5 Å². The Morgan fingerprint density at radius 3 is 2.90 bits per heavy atom. The Kier molecular flexibility index (Phi) is 3.46. The minimum atomic E-state index is -0.324. The number of carbonyl (C=O) groups excluding carboxylic acids is 1. The first-order valence-corrected chi connectivity index (χ1v) is 7.15. The monoisotopic (exact) mass is 277 g/mol. The first-order valence-electron chi connectivity index (χ1n) is 7.15. The van der Waals surface area contributed by atoms with Gasteiger partial charge in [0.1, 0.15) is 17.7 Å². The van der Waals surface area contributed by atoms with Crippen LogP contribution in [0, 0.1) is 0 Å². The van der Waals surface area contributed by atoms with E-state index in [-0.39, 0.29) is 17.6 Å². The van der Waals surface area contributed by atoms with E-state index >= 15 is 0 Å². The Morgan fingerprint density at radius 2 is 2.20 bits per heavy atom. The Balaban J connectivity index is 1.92. The second-order valence-corrected chi connectivity index (χ2v) is 5.49. The fourth-order valence-corrected chi connectivity index (χ4v) is 2.75. The molecule has 1 aromatic heterocycles. The van der Waals surface area contributed by atoms with E-state index in [1.807, 2.05) is 4.90 Å². The van der Waals surface area contributed by atoms with Gasteiger partial charge in [0.2, 0.25) is 0 Å². The molecule has 1 atom stereocenters. The van der Waals surface area contributed by atoms with Crippen LogP contribution in [-0.2, 0) is 9.53 Å². The number of esters is 1. The number of methoxy groups -OCH3 is 1. The molecule has 1 saturated heterocycles. The van der Waals surface area contributed by atoms with Gasteiger partial charge in [0.15, 0.2) is 0 Å². The summed E-state index contributed by atoms with van der Waals surface area (Å²) in [4.78, 5) is 32.9. The molecular formula is C14H19N3O3. The third-order valence-corrected chi connectivity index (χ3v) is 3.98. The lowest BCUT2D eigenvalue weighted by Crippen LogP contribution is -2.46. The van der Waals surface area contributed by atoms with Crippen LogP contribution in [0.2, 0.25) is 0 Å². The minimum Gasteiger partial charge on any atom is -0.467 e. The van der Waals surface area contributed by atoms with Crippen molar-refractivity contribution in [3.05, 3.63) is 22.2 Å². The third kappa shape index (κ3) is 2.55. The molecule has 2 fully saturated rings. The molecule has 2 aliphatic rings. The van der Waals surface area contributed by atoms with Gasteiger partial charge < -0.3 is 14.6 Å². The minimum absolute atomic E-state index is 0.147. The van der Waals surface area contributed by atoms with Crippen molar-refractivity contribution in [1.82, 2.24) is 9.97 Å². The van der Waals surface area contributed by atoms with Crippen molar-refractivity contribution in [3.63, 3.8) is 0 Å². The highest BCUT2D eigenvalue weighted by Gasteiger charge is 2.32. The Hall–Kier alpha value is -1.85. The highest BCUT2D eigenvalue weighted by Crippen LogP contribution is 2.38. The average molecular weight is 277 g/mol. The molecule has 6 nitrogen and oxygen atoms in total. The molecule has 1 N–H and O–H groups in total. The maximum atomic E-state index is 11.9. The van der Waals surface area contributed by atoms with E-state index in [0.717, 1.165) is 44.5 Å². The lowest BCUT2D eigenvalue weighted by Gasteiger charge is -2.34. The molecule has 1 aliphatic heterocycles. The van der Waals surface area contributed by atoms with Crippen LogP contribution in [0.3, 0.4) is 0 Å². The van der Waals surface area contributed by atoms with Crippen LogP contribution in [-0.4, -0.2) is 35.6 Å². The van der Waals surface area contributed by atoms with Gasteiger partial charge in [-0.25, -0.2) is 9.78 Å². The summed E-state index contributed by atoms with van der Waals surface area (Å²) in [5.74, 6) is 1.48. The first kappa shape index (κ1) is 13.1. The fourth-order valence-electron chi connectivity index (χ4n) is 2.75. The molecule has 0 bridgehead atoms. The molecule has 1 unspecified atom stereocenters. The number of hydrogen-bond donors (Lipinski definition) is 1. The van der Waals surface area contributed by atoms with E-state index in [1.165, 1.54) is 13.2 Å². The van der Waals surface area contributed by atoms with Crippen molar-refractivity contribution >= 4 is 11.8 Å². The van der Waals surface area contributed by atoms with Gasteiger partial charge in [0.05, 0.1) is 7.11 Å². The van der Waals surface area contributed by atoms with Crippen LogP contribution >= 0.6 is 0 Å². The lowest BCUT2D eigenvalue weighted by molar-refractivity contribution is -0.142. The van der Waals surface area contributed by atoms with Gasteiger partial charge in [-0.1, -0.05) is 0 Å². The zero-order valence-corrected chi connectivity index (χ0v) is 11.6. The van der Waals surface area contributed by atoms with Gasteiger partial charge >= 0.3 is 5.97 Å². The molecule has 0 radical (unpaired) electrons. The summed E-state index contributed by atoms with van der Waals surface area (Å²) in [6.07, 6.45) is 4.90. The summed E-state index contributed by atoms with van der Waals surface area (Å²) in [5.41, 5.74) is -0.147. The molecular weight excluding hydrogens is 258 g/mol. The average Bonchev–Trinajstić information content (AvgIpc) is 3.30. The quantitative estimate of drug-likeness (QED) is 0.840. The maximum absolute atomic E-state index is 11.9. The second kappa shape index (κ2) is 5.26. The molecule has 0 spiro atoms. The number of piperidine rings is 1. The number of anilines is 1. The van der Waals surface area contributed by atoms with Crippen molar-refractivity contribution in [2.75, 3.05) is 18.6 Å². The summed E-state index contributed by atoms with van der Waals surface area (Å²) in [7, 11) is 1.40. The SMILES string of the molecule is COC(=O)C1CCCCN1c1cc(=O)[nH]c(C2CC2)n1. The molecule has 1 aliphatic carbocycles. The number of nitrogens with zero attached hydrogens (tertiary/aromatic N) is 2. The van der Waals surface area contributed by atoms with Crippen LogP contribution in [0.5, 0.6) is 0 Å². The molecule has 0 amide bonds. The normalized spacial score (nSPS) is 22.6. The number of rotatable bonds is 3. The number of hydrogen-bond acceptors (Lipinski definition) is 5. The highest BCUT2D eigenvalue weighted by atomic mass is 16.5. The Bertz CT molecular complexity index is 565. The van der Waals surface area contributed by atoms with Crippen molar-refractivity contribution in [3.8, 4) is 0 Å². The lowest BCUT2D eigenvalue weighted by atomic mass is 10.0. The Morgan fingerprint density at radius 1 is 1.40 bits per heavy atom. The van der Waals surface area contributed by atoms with Gasteiger partial charge in [0, 0.05) is 18.5 Å². The number of aromatic amines is 1. The van der Waals surface area contributed by atoms with E-state index in [1.54, 1.807) is 0 Å². The molecule has 108 valence electrons. The smallest absolute Gasteiger partial charge is 0.328 e. The van der Waals surface area contributed by atoms with Gasteiger partial charge in [-0.2, -0.15) is 0 Å². The molecule has 20 heavy (non-hydrogen) atoms. The zero-order chi connectivity index (χ0) is 14.1. The number of ether oxygens (including phenoxy) is 1. The predicted molar refractivity (Wildman–Crippen MR) is 73.8 cm³/mol. The first-order chi connectivity index (χ1) is 9.69. The summed E-state index contributed by atoms with van der Waals surface area (Å²) in [5, 5.41) is 0. The van der Waals surface area contributed by atoms with Gasteiger partial charge in [0.25, 0.3) is 5.56 Å². The van der Waals surface area contributed by atoms with E-state index in [4.69, 9.17) is 4.74 Å². The van der Waals surface area contributed by atoms with E-state index < -0.39 is 0 Å². The van der Waals surface area contributed by atoms with Crippen LogP contribution in [0.1, 0.15) is 43.8 Å². The van der Waals surface area contributed by atoms with E-state index in [0.29, 0.717) is 11.7 Å². The number of aromatic nitrogens is 2.